The average Bonchev–Trinajstić information content (AvgIpc) is 3.14. The second-order valence-corrected chi connectivity index (χ2v) is 16.1. The Hall–Kier alpha value is -1.20. The molecule has 1 heterocycles. The Balaban J connectivity index is 2.61. The molecule has 1 amide bonds. The van der Waals surface area contributed by atoms with Crippen LogP contribution >= 0.6 is 0 Å². The largest absolute Gasteiger partial charge is 0.397 e. The van der Waals surface area contributed by atoms with Crippen molar-refractivity contribution in [3.8, 4) is 0 Å². The van der Waals surface area contributed by atoms with Gasteiger partial charge in [-0.25, -0.2) is 4.18 Å². The van der Waals surface area contributed by atoms with Gasteiger partial charge < -0.3 is 40.3 Å². The summed E-state index contributed by atoms with van der Waals surface area (Å²) < 4.78 is 47.4. The third kappa shape index (κ3) is 24.4. The summed E-state index contributed by atoms with van der Waals surface area (Å²) in [5.74, 6) is -0.685. The molecule has 0 aliphatic carbocycles. The first-order valence-corrected chi connectivity index (χ1v) is 22.5. The summed E-state index contributed by atoms with van der Waals surface area (Å²) in [4.78, 5) is 13.0. The summed E-state index contributed by atoms with van der Waals surface area (Å²) in [6.45, 7) is 3.19. The van der Waals surface area contributed by atoms with Crippen LogP contribution in [0.1, 0.15) is 174 Å². The fraction of sp³-hybridized carbons (Fsp3) is 0.925. The van der Waals surface area contributed by atoms with Gasteiger partial charge in [-0.05, 0) is 32.1 Å². The van der Waals surface area contributed by atoms with E-state index < -0.39 is 78.5 Å². The number of unbranched alkanes of at least 4 members (excludes halogenated alkanes) is 20. The van der Waals surface area contributed by atoms with Gasteiger partial charge in [0.25, 0.3) is 0 Å². The highest BCUT2D eigenvalue weighted by Crippen LogP contribution is 2.26. The summed E-state index contributed by atoms with van der Waals surface area (Å²) in [6.07, 6.45) is 19.9. The fourth-order valence-electron chi connectivity index (χ4n) is 6.74. The average molecular weight is 796 g/mol. The van der Waals surface area contributed by atoms with Gasteiger partial charge in [0.2, 0.25) is 5.91 Å². The second-order valence-electron chi connectivity index (χ2n) is 15.1. The van der Waals surface area contributed by atoms with E-state index in [0.717, 1.165) is 51.4 Å². The lowest BCUT2D eigenvalue weighted by Crippen LogP contribution is -2.61. The molecule has 1 aliphatic rings. The predicted octanol–water partition coefficient (Wildman–Crippen LogP) is 6.19. The first-order valence-electron chi connectivity index (χ1n) is 21.2. The minimum atomic E-state index is -5.10. The standard InChI is InChI=1S/C40H77NO12S/c1-3-5-7-9-11-13-14-15-16-17-18-19-21-22-24-26-28-33(43)32(41-39(47)34(44)29-27-25-23-20-12-10-8-6-4-2)31-51-40-37(46)38(53-54(48,49)50)36(45)35(30-42)52-40/h10,12,32-38,40,42-46H,3-9,11,13-31H2,1-2H3,(H,41,47)(H,48,49,50)/b12-10-. The van der Waals surface area contributed by atoms with Crippen molar-refractivity contribution in [2.75, 3.05) is 13.2 Å². The molecular formula is C40H77NO12S. The molecule has 54 heavy (non-hydrogen) atoms. The predicted molar refractivity (Wildman–Crippen MR) is 210 cm³/mol. The molecule has 0 bridgehead atoms. The quantitative estimate of drug-likeness (QED) is 0.0218. The molecule has 1 fully saturated rings. The molecule has 1 saturated heterocycles. The molecule has 0 aromatic carbocycles. The topological polar surface area (TPSA) is 212 Å². The van der Waals surface area contributed by atoms with Crippen molar-refractivity contribution >= 4 is 16.3 Å². The highest BCUT2D eigenvalue weighted by molar-refractivity contribution is 7.80. The lowest BCUT2D eigenvalue weighted by Gasteiger charge is -2.41. The van der Waals surface area contributed by atoms with Gasteiger partial charge >= 0.3 is 10.4 Å². The van der Waals surface area contributed by atoms with Crippen LogP contribution < -0.4 is 5.32 Å². The molecule has 1 rings (SSSR count). The Morgan fingerprint density at radius 1 is 0.722 bits per heavy atom. The normalized spacial score (nSPS) is 22.4. The smallest absolute Gasteiger partial charge is 0.394 e. The molecular weight excluding hydrogens is 719 g/mol. The van der Waals surface area contributed by atoms with Crippen LogP contribution in [-0.2, 0) is 28.9 Å². The van der Waals surface area contributed by atoms with Gasteiger partial charge in [0.15, 0.2) is 6.29 Å². The molecule has 320 valence electrons. The Labute approximate surface area is 326 Å². The number of allylic oxidation sites excluding steroid dienone is 2. The fourth-order valence-corrected chi connectivity index (χ4v) is 7.25. The van der Waals surface area contributed by atoms with Crippen LogP contribution in [0.2, 0.25) is 0 Å². The monoisotopic (exact) mass is 796 g/mol. The van der Waals surface area contributed by atoms with E-state index in [9.17, 15) is 38.7 Å². The van der Waals surface area contributed by atoms with Gasteiger partial charge in [0.05, 0.1) is 25.4 Å². The molecule has 0 radical (unpaired) electrons. The van der Waals surface area contributed by atoms with Crippen molar-refractivity contribution in [2.24, 2.45) is 0 Å². The van der Waals surface area contributed by atoms with Crippen LogP contribution in [0.25, 0.3) is 0 Å². The van der Waals surface area contributed by atoms with E-state index in [0.29, 0.717) is 19.3 Å². The third-order valence-corrected chi connectivity index (χ3v) is 10.6. The maximum atomic E-state index is 13.0. The molecule has 0 spiro atoms. The highest BCUT2D eigenvalue weighted by atomic mass is 32.3. The number of ether oxygens (including phenoxy) is 2. The van der Waals surface area contributed by atoms with Crippen LogP contribution in [0.3, 0.4) is 0 Å². The highest BCUT2D eigenvalue weighted by Gasteiger charge is 2.48. The molecule has 13 nitrogen and oxygen atoms in total. The number of aliphatic hydroxyl groups excluding tert-OH is 5. The van der Waals surface area contributed by atoms with Crippen molar-refractivity contribution in [1.29, 1.82) is 0 Å². The van der Waals surface area contributed by atoms with Crippen LogP contribution in [-0.4, -0.2) is 107 Å². The van der Waals surface area contributed by atoms with Crippen molar-refractivity contribution < 1.29 is 57.0 Å². The maximum Gasteiger partial charge on any atom is 0.397 e. The minimum Gasteiger partial charge on any atom is -0.394 e. The molecule has 14 heteroatoms. The lowest BCUT2D eigenvalue weighted by molar-refractivity contribution is -0.298. The van der Waals surface area contributed by atoms with E-state index >= 15 is 0 Å². The second kappa shape index (κ2) is 31.8. The molecule has 0 aromatic heterocycles. The molecule has 1 aliphatic heterocycles. The summed E-state index contributed by atoms with van der Waals surface area (Å²) in [6, 6.07) is -1.03. The van der Waals surface area contributed by atoms with Gasteiger partial charge in [-0.15, -0.1) is 0 Å². The van der Waals surface area contributed by atoms with Crippen LogP contribution in [0.4, 0.5) is 0 Å². The van der Waals surface area contributed by atoms with Crippen LogP contribution in [0.15, 0.2) is 12.2 Å². The summed E-state index contributed by atoms with van der Waals surface area (Å²) in [5.41, 5.74) is 0. The first-order chi connectivity index (χ1) is 25.9. The summed E-state index contributed by atoms with van der Waals surface area (Å²) in [7, 11) is -5.10. The third-order valence-electron chi connectivity index (χ3n) is 10.2. The number of amides is 1. The van der Waals surface area contributed by atoms with Crippen molar-refractivity contribution in [3.05, 3.63) is 12.2 Å². The zero-order valence-corrected chi connectivity index (χ0v) is 34.2. The zero-order valence-electron chi connectivity index (χ0n) is 33.4. The van der Waals surface area contributed by atoms with Crippen LogP contribution in [0.5, 0.6) is 0 Å². The lowest BCUT2D eigenvalue weighted by atomic mass is 9.99. The Morgan fingerprint density at radius 3 is 1.72 bits per heavy atom. The minimum absolute atomic E-state index is 0.239. The molecule has 8 unspecified atom stereocenters. The van der Waals surface area contributed by atoms with Gasteiger partial charge in [-0.1, -0.05) is 154 Å². The summed E-state index contributed by atoms with van der Waals surface area (Å²) >= 11 is 0. The molecule has 7 N–H and O–H groups in total. The molecule has 8 atom stereocenters. The zero-order chi connectivity index (χ0) is 40.0. The SMILES string of the molecule is CCCC/C=C\CCCCCC(O)C(=O)NC(COC1OC(CO)C(O)C(OS(=O)(=O)O)C1O)C(O)CCCCCCCCCCCCCCCCCC. The number of aliphatic hydroxyl groups is 5. The number of carbonyl (C=O) groups excluding carboxylic acids is 1. The maximum absolute atomic E-state index is 13.0. The first kappa shape index (κ1) is 50.8. The van der Waals surface area contributed by atoms with E-state index in [1.54, 1.807) is 0 Å². The van der Waals surface area contributed by atoms with Crippen molar-refractivity contribution in [3.63, 3.8) is 0 Å². The summed E-state index contributed by atoms with van der Waals surface area (Å²) in [5, 5.41) is 55.1. The number of hydrogen-bond donors (Lipinski definition) is 7. The van der Waals surface area contributed by atoms with E-state index in [1.165, 1.54) is 83.5 Å². The Bertz CT molecular complexity index is 1050. The van der Waals surface area contributed by atoms with E-state index in [2.05, 4.69) is 35.5 Å². The van der Waals surface area contributed by atoms with Crippen molar-refractivity contribution in [2.45, 2.75) is 223 Å². The van der Waals surface area contributed by atoms with Gasteiger partial charge in [-0.2, -0.15) is 8.42 Å². The van der Waals surface area contributed by atoms with E-state index in [4.69, 9.17) is 14.0 Å². The number of rotatable bonds is 35. The molecule has 0 aromatic rings. The number of nitrogens with one attached hydrogen (secondary N) is 1. The van der Waals surface area contributed by atoms with Gasteiger partial charge in [-0.3, -0.25) is 9.35 Å². The Kier molecular flexibility index (Phi) is 30.0. The number of hydrogen-bond acceptors (Lipinski definition) is 11. The Morgan fingerprint density at radius 2 is 1.20 bits per heavy atom. The van der Waals surface area contributed by atoms with Crippen molar-refractivity contribution in [1.82, 2.24) is 5.32 Å². The van der Waals surface area contributed by atoms with Gasteiger partial charge in [0.1, 0.15) is 30.5 Å². The van der Waals surface area contributed by atoms with E-state index in [-0.39, 0.29) is 6.42 Å². The van der Waals surface area contributed by atoms with Crippen LogP contribution in [0, 0.1) is 0 Å². The van der Waals surface area contributed by atoms with E-state index in [1.807, 2.05) is 0 Å². The van der Waals surface area contributed by atoms with Gasteiger partial charge in [0, 0.05) is 0 Å². The molecule has 0 saturated carbocycles. The number of carbonyl (C=O) groups is 1.